The monoisotopic (exact) mass is 334 g/mol. The van der Waals surface area contributed by atoms with Crippen LogP contribution in [0.2, 0.25) is 0 Å². The summed E-state index contributed by atoms with van der Waals surface area (Å²) >= 11 is 3.01. The standard InChI is InChI=1S/C13H7BrF4O/c14-7-2-1-3-8(15)12(7)13(19)6-4-10(17)11(18)5-9(6)16/h1-5,13,19H. The summed E-state index contributed by atoms with van der Waals surface area (Å²) in [5, 5.41) is 9.95. The van der Waals surface area contributed by atoms with Gasteiger partial charge >= 0.3 is 0 Å². The molecule has 100 valence electrons. The van der Waals surface area contributed by atoms with Crippen molar-refractivity contribution in [3.05, 3.63) is 69.2 Å². The van der Waals surface area contributed by atoms with Crippen LogP contribution in [0.25, 0.3) is 0 Å². The number of aliphatic hydroxyl groups excluding tert-OH is 1. The molecule has 0 spiro atoms. The van der Waals surface area contributed by atoms with Crippen LogP contribution in [-0.4, -0.2) is 5.11 Å². The summed E-state index contributed by atoms with van der Waals surface area (Å²) in [4.78, 5) is 0. The second-order valence-electron chi connectivity index (χ2n) is 3.83. The lowest BCUT2D eigenvalue weighted by molar-refractivity contribution is 0.208. The molecule has 2 aromatic rings. The van der Waals surface area contributed by atoms with E-state index in [-0.39, 0.29) is 10.0 Å². The highest BCUT2D eigenvalue weighted by Gasteiger charge is 2.23. The van der Waals surface area contributed by atoms with Gasteiger partial charge in [-0.3, -0.25) is 0 Å². The first-order valence-corrected chi connectivity index (χ1v) is 5.97. The minimum absolute atomic E-state index is 0.198. The first-order valence-electron chi connectivity index (χ1n) is 5.18. The molecule has 2 rings (SSSR count). The van der Waals surface area contributed by atoms with Crippen molar-refractivity contribution in [2.24, 2.45) is 0 Å². The Balaban J connectivity index is 2.56. The van der Waals surface area contributed by atoms with Gasteiger partial charge in [0.1, 0.15) is 17.7 Å². The van der Waals surface area contributed by atoms with E-state index in [9.17, 15) is 22.7 Å². The molecule has 19 heavy (non-hydrogen) atoms. The third kappa shape index (κ3) is 2.64. The third-order valence-electron chi connectivity index (χ3n) is 2.61. The second kappa shape index (κ2) is 5.30. The lowest BCUT2D eigenvalue weighted by Gasteiger charge is -2.15. The highest BCUT2D eigenvalue weighted by atomic mass is 79.9. The Morgan fingerprint density at radius 3 is 2.16 bits per heavy atom. The van der Waals surface area contributed by atoms with E-state index in [2.05, 4.69) is 15.9 Å². The highest BCUT2D eigenvalue weighted by molar-refractivity contribution is 9.10. The summed E-state index contributed by atoms with van der Waals surface area (Å²) < 4.78 is 53.2. The van der Waals surface area contributed by atoms with Crippen LogP contribution in [0, 0.1) is 23.3 Å². The van der Waals surface area contributed by atoms with Crippen molar-refractivity contribution in [2.45, 2.75) is 6.10 Å². The Bertz CT molecular complexity index is 610. The molecule has 0 radical (unpaired) electrons. The molecule has 1 nitrogen and oxygen atoms in total. The highest BCUT2D eigenvalue weighted by Crippen LogP contribution is 2.32. The van der Waals surface area contributed by atoms with Gasteiger partial charge in [-0.2, -0.15) is 0 Å². The molecular formula is C13H7BrF4O. The minimum atomic E-state index is -1.74. The van der Waals surface area contributed by atoms with Gasteiger partial charge < -0.3 is 5.11 Å². The van der Waals surface area contributed by atoms with E-state index in [1.807, 2.05) is 0 Å². The molecule has 0 aliphatic carbocycles. The molecule has 0 saturated heterocycles. The largest absolute Gasteiger partial charge is 0.383 e. The average molecular weight is 335 g/mol. The molecule has 0 amide bonds. The summed E-state index contributed by atoms with van der Waals surface area (Å²) in [7, 11) is 0. The van der Waals surface area contributed by atoms with Crippen molar-refractivity contribution in [1.82, 2.24) is 0 Å². The molecule has 0 heterocycles. The van der Waals surface area contributed by atoms with Gasteiger partial charge in [0.25, 0.3) is 0 Å². The van der Waals surface area contributed by atoms with E-state index in [1.165, 1.54) is 12.1 Å². The second-order valence-corrected chi connectivity index (χ2v) is 4.68. The SMILES string of the molecule is OC(c1cc(F)c(F)cc1F)c1c(F)cccc1Br. The van der Waals surface area contributed by atoms with Crippen molar-refractivity contribution < 1.29 is 22.7 Å². The molecule has 0 aromatic heterocycles. The van der Waals surface area contributed by atoms with Crippen molar-refractivity contribution in [3.63, 3.8) is 0 Å². The summed E-state index contributed by atoms with van der Waals surface area (Å²) in [6.07, 6.45) is -1.74. The number of hydrogen-bond donors (Lipinski definition) is 1. The maximum absolute atomic E-state index is 13.6. The fraction of sp³-hybridized carbons (Fsp3) is 0.0769. The molecule has 0 fully saturated rings. The van der Waals surface area contributed by atoms with Gasteiger partial charge in [0, 0.05) is 21.7 Å². The van der Waals surface area contributed by atoms with Crippen LogP contribution >= 0.6 is 15.9 Å². The Morgan fingerprint density at radius 2 is 1.53 bits per heavy atom. The lowest BCUT2D eigenvalue weighted by atomic mass is 10.0. The Labute approximate surface area is 114 Å². The quantitative estimate of drug-likeness (QED) is 0.648. The normalized spacial score (nSPS) is 12.5. The van der Waals surface area contributed by atoms with Crippen LogP contribution < -0.4 is 0 Å². The predicted molar refractivity (Wildman–Crippen MR) is 64.5 cm³/mol. The molecule has 1 unspecified atom stereocenters. The molecule has 6 heteroatoms. The molecular weight excluding hydrogens is 328 g/mol. The van der Waals surface area contributed by atoms with E-state index in [4.69, 9.17) is 0 Å². The predicted octanol–water partition coefficient (Wildman–Crippen LogP) is 4.09. The summed E-state index contributed by atoms with van der Waals surface area (Å²) in [5.74, 6) is -4.63. The van der Waals surface area contributed by atoms with Gasteiger partial charge in [0.2, 0.25) is 0 Å². The fourth-order valence-corrected chi connectivity index (χ4v) is 2.23. The number of halogens is 5. The van der Waals surface area contributed by atoms with Gasteiger partial charge in [-0.05, 0) is 18.2 Å². The van der Waals surface area contributed by atoms with Crippen molar-refractivity contribution in [3.8, 4) is 0 Å². The van der Waals surface area contributed by atoms with E-state index in [1.54, 1.807) is 0 Å². The van der Waals surface area contributed by atoms with Gasteiger partial charge in [-0.25, -0.2) is 17.6 Å². The summed E-state index contributed by atoms with van der Waals surface area (Å²) in [6.45, 7) is 0. The number of benzene rings is 2. The first kappa shape index (κ1) is 14.0. The van der Waals surface area contributed by atoms with Crippen LogP contribution in [0.5, 0.6) is 0 Å². The van der Waals surface area contributed by atoms with Gasteiger partial charge in [-0.15, -0.1) is 0 Å². The van der Waals surface area contributed by atoms with Crippen LogP contribution in [0.3, 0.4) is 0 Å². The summed E-state index contributed by atoms with van der Waals surface area (Å²) in [6, 6.07) is 4.72. The Morgan fingerprint density at radius 1 is 0.895 bits per heavy atom. The van der Waals surface area contributed by atoms with E-state index in [0.29, 0.717) is 12.1 Å². The number of hydrogen-bond acceptors (Lipinski definition) is 1. The van der Waals surface area contributed by atoms with Crippen LogP contribution in [0.1, 0.15) is 17.2 Å². The van der Waals surface area contributed by atoms with Crippen molar-refractivity contribution >= 4 is 15.9 Å². The smallest absolute Gasteiger partial charge is 0.161 e. The first-order chi connectivity index (χ1) is 8.91. The van der Waals surface area contributed by atoms with Crippen LogP contribution in [0.15, 0.2) is 34.8 Å². The Hall–Kier alpha value is -1.40. The average Bonchev–Trinajstić information content (AvgIpc) is 2.33. The topological polar surface area (TPSA) is 20.2 Å². The van der Waals surface area contributed by atoms with E-state index >= 15 is 0 Å². The lowest BCUT2D eigenvalue weighted by Crippen LogP contribution is -2.07. The van der Waals surface area contributed by atoms with Crippen LogP contribution in [0.4, 0.5) is 17.6 Å². The molecule has 0 saturated carbocycles. The zero-order valence-electron chi connectivity index (χ0n) is 9.30. The molecule has 2 aromatic carbocycles. The van der Waals surface area contributed by atoms with Gasteiger partial charge in [0.05, 0.1) is 0 Å². The van der Waals surface area contributed by atoms with Crippen molar-refractivity contribution in [2.75, 3.05) is 0 Å². The van der Waals surface area contributed by atoms with Gasteiger partial charge in [-0.1, -0.05) is 22.0 Å². The number of rotatable bonds is 2. The van der Waals surface area contributed by atoms with Crippen LogP contribution in [-0.2, 0) is 0 Å². The Kier molecular flexibility index (Phi) is 3.91. The maximum Gasteiger partial charge on any atom is 0.161 e. The molecule has 0 bridgehead atoms. The maximum atomic E-state index is 13.6. The fourth-order valence-electron chi connectivity index (χ4n) is 1.67. The van der Waals surface area contributed by atoms with Crippen molar-refractivity contribution in [1.29, 1.82) is 0 Å². The van der Waals surface area contributed by atoms with E-state index < -0.39 is 34.9 Å². The number of aliphatic hydroxyl groups is 1. The molecule has 1 atom stereocenters. The third-order valence-corrected chi connectivity index (χ3v) is 3.30. The zero-order valence-corrected chi connectivity index (χ0v) is 10.9. The molecule has 0 aliphatic rings. The van der Waals surface area contributed by atoms with Gasteiger partial charge in [0.15, 0.2) is 11.6 Å². The minimum Gasteiger partial charge on any atom is -0.383 e. The zero-order chi connectivity index (χ0) is 14.2. The molecule has 0 aliphatic heterocycles. The molecule has 1 N–H and O–H groups in total. The van der Waals surface area contributed by atoms with E-state index in [0.717, 1.165) is 6.07 Å². The summed E-state index contributed by atoms with van der Waals surface area (Å²) in [5.41, 5.74) is -0.780.